The highest BCUT2D eigenvalue weighted by molar-refractivity contribution is 7.92. The number of nitrogens with one attached hydrogen (secondary N) is 3. The maximum atomic E-state index is 12.1. The van der Waals surface area contributed by atoms with Crippen LogP contribution in [0.2, 0.25) is 0 Å². The van der Waals surface area contributed by atoms with E-state index in [1.165, 1.54) is 0 Å². The third-order valence-electron chi connectivity index (χ3n) is 3.28. The monoisotopic (exact) mass is 367 g/mol. The summed E-state index contributed by atoms with van der Waals surface area (Å²) in [5.74, 6) is 0. The molecule has 130 valence electrons. The summed E-state index contributed by atoms with van der Waals surface area (Å²) in [5, 5.41) is 7.72. The summed E-state index contributed by atoms with van der Waals surface area (Å²) in [7, 11) is -3.32. The number of benzene rings is 1. The van der Waals surface area contributed by atoms with Crippen LogP contribution in [0.4, 0.5) is 10.5 Å². The average molecular weight is 367 g/mol. The summed E-state index contributed by atoms with van der Waals surface area (Å²) in [6.07, 6.45) is 1.91. The first kappa shape index (κ1) is 18.3. The van der Waals surface area contributed by atoms with E-state index in [1.807, 2.05) is 30.5 Å². The molecule has 0 radical (unpaired) electrons. The zero-order valence-corrected chi connectivity index (χ0v) is 15.2. The molecule has 0 unspecified atom stereocenters. The van der Waals surface area contributed by atoms with Crippen molar-refractivity contribution < 1.29 is 13.2 Å². The average Bonchev–Trinajstić information content (AvgIpc) is 3.03. The minimum absolute atomic E-state index is 0.0109. The Morgan fingerprint density at radius 2 is 2.04 bits per heavy atom. The second-order valence-electron chi connectivity index (χ2n) is 5.38. The molecule has 0 aliphatic carbocycles. The van der Waals surface area contributed by atoms with Crippen molar-refractivity contribution in [3.05, 3.63) is 52.2 Å². The highest BCUT2D eigenvalue weighted by Gasteiger charge is 2.13. The second kappa shape index (κ2) is 8.16. The summed E-state index contributed by atoms with van der Waals surface area (Å²) in [6.45, 7) is 2.33. The predicted molar refractivity (Wildman–Crippen MR) is 97.6 cm³/mol. The van der Waals surface area contributed by atoms with Crippen molar-refractivity contribution in [2.24, 2.45) is 0 Å². The summed E-state index contributed by atoms with van der Waals surface area (Å²) in [5.41, 5.74) is 1.28. The molecule has 0 bridgehead atoms. The lowest BCUT2D eigenvalue weighted by molar-refractivity contribution is 0.236. The number of urea groups is 1. The third kappa shape index (κ3) is 5.86. The van der Waals surface area contributed by atoms with Gasteiger partial charge in [-0.1, -0.05) is 25.1 Å². The summed E-state index contributed by atoms with van der Waals surface area (Å²) in [4.78, 5) is 13.2. The zero-order chi connectivity index (χ0) is 17.6. The molecule has 3 N–H and O–H groups in total. The zero-order valence-electron chi connectivity index (χ0n) is 13.6. The Bertz CT molecular complexity index is 774. The Kier molecular flexibility index (Phi) is 6.22. The second-order valence-corrected chi connectivity index (χ2v) is 8.11. The van der Waals surface area contributed by atoms with E-state index in [2.05, 4.69) is 15.4 Å². The van der Waals surface area contributed by atoms with Gasteiger partial charge in [-0.15, -0.1) is 11.3 Å². The van der Waals surface area contributed by atoms with Crippen molar-refractivity contribution >= 4 is 33.1 Å². The summed E-state index contributed by atoms with van der Waals surface area (Å²) >= 11 is 1.61. The van der Waals surface area contributed by atoms with Crippen LogP contribution in [0.25, 0.3) is 0 Å². The fourth-order valence-electron chi connectivity index (χ4n) is 2.21. The van der Waals surface area contributed by atoms with Gasteiger partial charge in [-0.25, -0.2) is 13.2 Å². The van der Waals surface area contributed by atoms with Crippen molar-refractivity contribution in [3.63, 3.8) is 0 Å². The molecule has 2 rings (SSSR count). The number of rotatable bonds is 7. The Morgan fingerprint density at radius 3 is 2.67 bits per heavy atom. The fourth-order valence-corrected chi connectivity index (χ4v) is 3.63. The minimum atomic E-state index is -3.32. The number of carbonyl (C=O) groups excluding carboxylic acids is 1. The van der Waals surface area contributed by atoms with E-state index in [0.717, 1.165) is 23.1 Å². The van der Waals surface area contributed by atoms with Gasteiger partial charge in [0.25, 0.3) is 0 Å². The first-order valence-electron chi connectivity index (χ1n) is 7.52. The first-order valence-corrected chi connectivity index (χ1v) is 10.3. The van der Waals surface area contributed by atoms with E-state index < -0.39 is 10.0 Å². The molecule has 0 saturated heterocycles. The third-order valence-corrected chi connectivity index (χ3v) is 4.88. The normalized spacial score (nSPS) is 12.4. The van der Waals surface area contributed by atoms with Crippen LogP contribution >= 0.6 is 11.3 Å². The van der Waals surface area contributed by atoms with Crippen molar-refractivity contribution in [2.45, 2.75) is 25.9 Å². The van der Waals surface area contributed by atoms with E-state index in [1.54, 1.807) is 29.5 Å². The molecule has 0 aliphatic heterocycles. The van der Waals surface area contributed by atoms with Gasteiger partial charge < -0.3 is 10.6 Å². The molecular weight excluding hydrogens is 346 g/mol. The van der Waals surface area contributed by atoms with Crippen LogP contribution in [0.3, 0.4) is 0 Å². The maximum absolute atomic E-state index is 12.1. The van der Waals surface area contributed by atoms with Gasteiger partial charge >= 0.3 is 6.03 Å². The van der Waals surface area contributed by atoms with E-state index in [4.69, 9.17) is 0 Å². The van der Waals surface area contributed by atoms with E-state index in [-0.39, 0.29) is 12.1 Å². The van der Waals surface area contributed by atoms with E-state index in [0.29, 0.717) is 12.2 Å². The van der Waals surface area contributed by atoms with Gasteiger partial charge in [0.15, 0.2) is 0 Å². The molecule has 1 aromatic heterocycles. The van der Waals surface area contributed by atoms with Gasteiger partial charge in [-0.05, 0) is 35.6 Å². The van der Waals surface area contributed by atoms with Crippen LogP contribution in [0.15, 0.2) is 41.8 Å². The van der Waals surface area contributed by atoms with Crippen molar-refractivity contribution in [1.82, 2.24) is 10.6 Å². The molecule has 1 atom stereocenters. The maximum Gasteiger partial charge on any atom is 0.315 e. The largest absolute Gasteiger partial charge is 0.334 e. The standard InChI is InChI=1S/C16H21N3O3S2/c1-3-14(15-8-5-9-23-15)18-16(20)17-11-12-6-4-7-13(10-12)19-24(2,21)22/h4-10,14,19H,3,11H2,1-2H3,(H2,17,18,20)/t14-/m0/s1. The summed E-state index contributed by atoms with van der Waals surface area (Å²) in [6, 6.07) is 10.6. The molecule has 6 nitrogen and oxygen atoms in total. The highest BCUT2D eigenvalue weighted by Crippen LogP contribution is 2.21. The number of thiophene rings is 1. The van der Waals surface area contributed by atoms with Crippen LogP contribution in [0.5, 0.6) is 0 Å². The number of amides is 2. The van der Waals surface area contributed by atoms with E-state index >= 15 is 0 Å². The van der Waals surface area contributed by atoms with Crippen LogP contribution in [0, 0.1) is 0 Å². The summed E-state index contributed by atoms with van der Waals surface area (Å²) < 4.78 is 24.9. The molecular formula is C16H21N3O3S2. The van der Waals surface area contributed by atoms with Crippen LogP contribution in [0.1, 0.15) is 29.8 Å². The molecule has 2 aromatic rings. The molecule has 0 spiro atoms. The van der Waals surface area contributed by atoms with Crippen LogP contribution in [-0.2, 0) is 16.6 Å². The molecule has 1 aromatic carbocycles. The predicted octanol–water partition coefficient (Wildman–Crippen LogP) is 3.07. The van der Waals surface area contributed by atoms with Gasteiger partial charge in [0.1, 0.15) is 0 Å². The van der Waals surface area contributed by atoms with Gasteiger partial charge in [0.2, 0.25) is 10.0 Å². The smallest absolute Gasteiger partial charge is 0.315 e. The van der Waals surface area contributed by atoms with Gasteiger partial charge in [-0.2, -0.15) is 0 Å². The Morgan fingerprint density at radius 1 is 1.25 bits per heavy atom. The molecule has 0 saturated carbocycles. The lowest BCUT2D eigenvalue weighted by Crippen LogP contribution is -2.37. The van der Waals surface area contributed by atoms with Crippen LogP contribution in [-0.4, -0.2) is 20.7 Å². The SMILES string of the molecule is CC[C@H](NC(=O)NCc1cccc(NS(C)(=O)=O)c1)c1cccs1. The van der Waals surface area contributed by atoms with Crippen molar-refractivity contribution in [3.8, 4) is 0 Å². The highest BCUT2D eigenvalue weighted by atomic mass is 32.2. The Hall–Kier alpha value is -2.06. The molecule has 8 heteroatoms. The molecule has 1 heterocycles. The molecule has 0 aliphatic rings. The topological polar surface area (TPSA) is 87.3 Å². The number of carbonyl (C=O) groups is 1. The van der Waals surface area contributed by atoms with E-state index in [9.17, 15) is 13.2 Å². The molecule has 2 amide bonds. The Balaban J connectivity index is 1.90. The lowest BCUT2D eigenvalue weighted by atomic mass is 10.2. The van der Waals surface area contributed by atoms with Crippen LogP contribution < -0.4 is 15.4 Å². The first-order chi connectivity index (χ1) is 11.4. The number of sulfonamides is 1. The van der Waals surface area contributed by atoms with Gasteiger partial charge in [0.05, 0.1) is 12.3 Å². The number of hydrogen-bond acceptors (Lipinski definition) is 4. The Labute approximate surface area is 146 Å². The van der Waals surface area contributed by atoms with Gasteiger partial charge in [0, 0.05) is 17.1 Å². The minimum Gasteiger partial charge on any atom is -0.334 e. The van der Waals surface area contributed by atoms with Crippen molar-refractivity contribution in [2.75, 3.05) is 11.0 Å². The van der Waals surface area contributed by atoms with Gasteiger partial charge in [-0.3, -0.25) is 4.72 Å². The van der Waals surface area contributed by atoms with Crippen molar-refractivity contribution in [1.29, 1.82) is 0 Å². The quantitative estimate of drug-likeness (QED) is 0.703. The lowest BCUT2D eigenvalue weighted by Gasteiger charge is -2.16. The molecule has 24 heavy (non-hydrogen) atoms. The number of anilines is 1. The number of hydrogen-bond donors (Lipinski definition) is 3. The fraction of sp³-hybridized carbons (Fsp3) is 0.312. The molecule has 0 fully saturated rings.